The predicted molar refractivity (Wildman–Crippen MR) is 92.9 cm³/mol. The van der Waals surface area contributed by atoms with E-state index in [0.717, 1.165) is 61.2 Å². The lowest BCUT2D eigenvalue weighted by Gasteiger charge is -2.32. The molecule has 3 rings (SSSR count). The first-order chi connectivity index (χ1) is 11.2. The normalized spacial score (nSPS) is 19.2. The van der Waals surface area contributed by atoms with Gasteiger partial charge in [0, 0.05) is 43.2 Å². The van der Waals surface area contributed by atoms with Gasteiger partial charge in [-0.05, 0) is 18.6 Å². The largest absolute Gasteiger partial charge is 0.375 e. The van der Waals surface area contributed by atoms with E-state index in [4.69, 9.17) is 16.3 Å². The Morgan fingerprint density at radius 1 is 1.39 bits per heavy atom. The summed E-state index contributed by atoms with van der Waals surface area (Å²) in [6.45, 7) is 7.73. The van der Waals surface area contributed by atoms with Gasteiger partial charge in [-0.1, -0.05) is 36.7 Å². The van der Waals surface area contributed by atoms with Crippen LogP contribution in [0.2, 0.25) is 5.02 Å². The number of nitrogens with zero attached hydrogens (tertiary/aromatic N) is 2. The van der Waals surface area contributed by atoms with Gasteiger partial charge in [0.15, 0.2) is 0 Å². The van der Waals surface area contributed by atoms with Gasteiger partial charge < -0.3 is 9.72 Å². The lowest BCUT2D eigenvalue weighted by atomic mass is 10.1. The summed E-state index contributed by atoms with van der Waals surface area (Å²) in [6, 6.07) is 8.01. The smallest absolute Gasteiger partial charge is 0.106 e. The van der Waals surface area contributed by atoms with Crippen LogP contribution in [0.4, 0.5) is 0 Å². The van der Waals surface area contributed by atoms with Crippen LogP contribution in [0.5, 0.6) is 0 Å². The van der Waals surface area contributed by atoms with Crippen LogP contribution in [0.15, 0.2) is 24.3 Å². The van der Waals surface area contributed by atoms with Gasteiger partial charge in [-0.2, -0.15) is 0 Å². The van der Waals surface area contributed by atoms with Crippen LogP contribution < -0.4 is 0 Å². The molecule has 0 bridgehead atoms. The Labute approximate surface area is 142 Å². The quantitative estimate of drug-likeness (QED) is 0.912. The molecule has 1 aromatic carbocycles. The number of ether oxygens (including phenoxy) is 1. The second-order valence-corrected chi connectivity index (χ2v) is 6.54. The van der Waals surface area contributed by atoms with Crippen molar-refractivity contribution in [2.24, 2.45) is 0 Å². The number of rotatable bonds is 5. The number of H-pyrrole nitrogens is 1. The number of aryl methyl sites for hydroxylation is 2. The van der Waals surface area contributed by atoms with E-state index in [1.165, 1.54) is 5.69 Å². The average Bonchev–Trinajstić information content (AvgIpc) is 2.90. The molecular formula is C18H24ClN3O. The molecule has 1 aliphatic rings. The summed E-state index contributed by atoms with van der Waals surface area (Å²) < 4.78 is 5.93. The molecule has 0 unspecified atom stereocenters. The van der Waals surface area contributed by atoms with Crippen LogP contribution in [0, 0.1) is 6.92 Å². The Kier molecular flexibility index (Phi) is 5.36. The van der Waals surface area contributed by atoms with Crippen molar-refractivity contribution in [2.45, 2.75) is 39.3 Å². The Balaban J connectivity index is 1.62. The maximum absolute atomic E-state index is 6.27. The van der Waals surface area contributed by atoms with Crippen molar-refractivity contribution in [3.63, 3.8) is 0 Å². The summed E-state index contributed by atoms with van der Waals surface area (Å²) >= 11 is 6.27. The molecule has 0 amide bonds. The van der Waals surface area contributed by atoms with Crippen LogP contribution in [0.25, 0.3) is 0 Å². The molecule has 1 N–H and O–H groups in total. The van der Waals surface area contributed by atoms with E-state index in [2.05, 4.69) is 34.8 Å². The van der Waals surface area contributed by atoms with E-state index >= 15 is 0 Å². The van der Waals surface area contributed by atoms with E-state index < -0.39 is 0 Å². The molecule has 0 spiro atoms. The monoisotopic (exact) mass is 333 g/mol. The minimum absolute atomic E-state index is 0.188. The topological polar surface area (TPSA) is 41.2 Å². The van der Waals surface area contributed by atoms with Gasteiger partial charge in [0.1, 0.15) is 5.82 Å². The number of halogens is 1. The molecule has 0 saturated carbocycles. The molecular weight excluding hydrogens is 310 g/mol. The molecule has 1 saturated heterocycles. The summed E-state index contributed by atoms with van der Waals surface area (Å²) in [4.78, 5) is 10.5. The first-order valence-electron chi connectivity index (χ1n) is 8.27. The lowest BCUT2D eigenvalue weighted by Crippen LogP contribution is -2.43. The number of morpholine rings is 1. The van der Waals surface area contributed by atoms with E-state index in [9.17, 15) is 0 Å². The highest BCUT2D eigenvalue weighted by Gasteiger charge is 2.22. The number of aromatic nitrogens is 2. The predicted octanol–water partition coefficient (Wildman–Crippen LogP) is 3.38. The molecule has 1 aromatic heterocycles. The van der Waals surface area contributed by atoms with Crippen LogP contribution in [0.1, 0.15) is 29.7 Å². The Bertz CT molecular complexity index is 655. The molecule has 23 heavy (non-hydrogen) atoms. The van der Waals surface area contributed by atoms with Gasteiger partial charge in [-0.25, -0.2) is 4.98 Å². The summed E-state index contributed by atoms with van der Waals surface area (Å²) in [5.74, 6) is 1.07. The zero-order valence-electron chi connectivity index (χ0n) is 13.8. The molecule has 5 heteroatoms. The van der Waals surface area contributed by atoms with Gasteiger partial charge in [-0.15, -0.1) is 0 Å². The number of imidazole rings is 1. The van der Waals surface area contributed by atoms with Crippen molar-refractivity contribution in [1.82, 2.24) is 14.9 Å². The van der Waals surface area contributed by atoms with Gasteiger partial charge in [0.2, 0.25) is 0 Å². The van der Waals surface area contributed by atoms with Gasteiger partial charge in [0.05, 0.1) is 18.4 Å². The highest BCUT2D eigenvalue weighted by Crippen LogP contribution is 2.20. The molecule has 0 aliphatic carbocycles. The first-order valence-corrected chi connectivity index (χ1v) is 8.65. The van der Waals surface area contributed by atoms with Gasteiger partial charge in [-0.3, -0.25) is 4.90 Å². The van der Waals surface area contributed by atoms with Crippen molar-refractivity contribution in [2.75, 3.05) is 19.7 Å². The van der Waals surface area contributed by atoms with Crippen molar-refractivity contribution in [3.8, 4) is 0 Å². The Hall–Kier alpha value is -1.36. The summed E-state index contributed by atoms with van der Waals surface area (Å²) in [6.07, 6.45) is 1.99. The molecule has 124 valence electrons. The third kappa shape index (κ3) is 4.14. The zero-order chi connectivity index (χ0) is 16.2. The Morgan fingerprint density at radius 3 is 2.96 bits per heavy atom. The number of hydrogen-bond acceptors (Lipinski definition) is 3. The van der Waals surface area contributed by atoms with Crippen molar-refractivity contribution in [1.29, 1.82) is 0 Å². The summed E-state index contributed by atoms with van der Waals surface area (Å²) in [5, 5.41) is 0.823. The molecule has 0 radical (unpaired) electrons. The third-order valence-electron chi connectivity index (χ3n) is 4.37. The fourth-order valence-corrected chi connectivity index (χ4v) is 3.27. The standard InChI is InChI=1S/C18H24ClN3O/c1-3-18-20-13(2)17(21-18)12-22-8-9-23-15(11-22)10-14-6-4-5-7-16(14)19/h4-7,15H,3,8-12H2,1-2H3,(H,20,21)/t15-/m0/s1. The van der Waals surface area contributed by atoms with Crippen molar-refractivity contribution >= 4 is 11.6 Å². The molecule has 1 aliphatic heterocycles. The SMILES string of the molecule is CCc1nc(CN2CCO[C@@H](Cc3ccccc3Cl)C2)c(C)[nH]1. The molecule has 1 atom stereocenters. The molecule has 2 aromatic rings. The first kappa shape index (κ1) is 16.5. The van der Waals surface area contributed by atoms with E-state index in [1.54, 1.807) is 0 Å². The molecule has 4 nitrogen and oxygen atoms in total. The average molecular weight is 334 g/mol. The fourth-order valence-electron chi connectivity index (χ4n) is 3.05. The third-order valence-corrected chi connectivity index (χ3v) is 4.74. The zero-order valence-corrected chi connectivity index (χ0v) is 14.6. The highest BCUT2D eigenvalue weighted by atomic mass is 35.5. The van der Waals surface area contributed by atoms with Crippen LogP contribution in [0.3, 0.4) is 0 Å². The fraction of sp³-hybridized carbons (Fsp3) is 0.500. The minimum atomic E-state index is 0.188. The molecule has 1 fully saturated rings. The van der Waals surface area contributed by atoms with Crippen molar-refractivity contribution in [3.05, 3.63) is 52.1 Å². The van der Waals surface area contributed by atoms with Crippen LogP contribution >= 0.6 is 11.6 Å². The number of hydrogen-bond donors (Lipinski definition) is 1. The number of benzene rings is 1. The van der Waals surface area contributed by atoms with Gasteiger partial charge >= 0.3 is 0 Å². The number of aromatic amines is 1. The Morgan fingerprint density at radius 2 is 2.22 bits per heavy atom. The summed E-state index contributed by atoms with van der Waals surface area (Å²) in [5.41, 5.74) is 3.49. The van der Waals surface area contributed by atoms with Crippen LogP contribution in [-0.2, 0) is 24.1 Å². The van der Waals surface area contributed by atoms with E-state index in [0.29, 0.717) is 0 Å². The second kappa shape index (κ2) is 7.47. The number of nitrogens with one attached hydrogen (secondary N) is 1. The van der Waals surface area contributed by atoms with Gasteiger partial charge in [0.25, 0.3) is 0 Å². The lowest BCUT2D eigenvalue weighted by molar-refractivity contribution is -0.0308. The summed E-state index contributed by atoms with van der Waals surface area (Å²) in [7, 11) is 0. The minimum Gasteiger partial charge on any atom is -0.375 e. The second-order valence-electron chi connectivity index (χ2n) is 6.13. The van der Waals surface area contributed by atoms with Crippen LogP contribution in [-0.4, -0.2) is 40.7 Å². The maximum Gasteiger partial charge on any atom is 0.106 e. The van der Waals surface area contributed by atoms with E-state index in [1.807, 2.05) is 18.2 Å². The maximum atomic E-state index is 6.27. The van der Waals surface area contributed by atoms with E-state index in [-0.39, 0.29) is 6.10 Å². The highest BCUT2D eigenvalue weighted by molar-refractivity contribution is 6.31. The molecule has 2 heterocycles. The van der Waals surface area contributed by atoms with Crippen molar-refractivity contribution < 1.29 is 4.74 Å².